The van der Waals surface area contributed by atoms with Crippen LogP contribution in [0.4, 0.5) is 5.69 Å². The van der Waals surface area contributed by atoms with E-state index in [1.165, 1.54) is 0 Å². The van der Waals surface area contributed by atoms with E-state index in [1.807, 2.05) is 24.3 Å². The Balaban J connectivity index is 1.44. The minimum absolute atomic E-state index is 0.114. The fourth-order valence-electron chi connectivity index (χ4n) is 3.51. The average Bonchev–Trinajstić information content (AvgIpc) is 2.74. The molecular weight excluding hydrogens is 431 g/mol. The highest BCUT2D eigenvalue weighted by Gasteiger charge is 2.36. The largest absolute Gasteiger partial charge is 0.378 e. The summed E-state index contributed by atoms with van der Waals surface area (Å²) in [5.74, 6) is -0.415. The van der Waals surface area contributed by atoms with Gasteiger partial charge in [-0.1, -0.05) is 35.3 Å². The number of ketones is 1. The smallest absolute Gasteiger partial charge is 0.241 e. The summed E-state index contributed by atoms with van der Waals surface area (Å²) in [7, 11) is 0. The van der Waals surface area contributed by atoms with E-state index in [0.29, 0.717) is 14.9 Å². The van der Waals surface area contributed by atoms with Crippen molar-refractivity contribution < 1.29 is 14.3 Å². The molecule has 152 valence electrons. The van der Waals surface area contributed by atoms with Gasteiger partial charge in [-0.3, -0.25) is 9.59 Å². The molecule has 0 radical (unpaired) electrons. The molecule has 2 fully saturated rings. The van der Waals surface area contributed by atoms with Crippen LogP contribution in [-0.4, -0.2) is 43.2 Å². The van der Waals surface area contributed by atoms with Gasteiger partial charge in [-0.2, -0.15) is 0 Å². The molecule has 5 nitrogen and oxygen atoms in total. The lowest BCUT2D eigenvalue weighted by atomic mass is 9.95. The van der Waals surface area contributed by atoms with E-state index in [0.717, 1.165) is 49.3 Å². The number of nitrogens with zero attached hydrogens (tertiary/aromatic N) is 1. The number of nitrogens with one attached hydrogen (secondary N) is 1. The number of carbonyl (C=O) groups excluding carboxylic acids is 2. The molecule has 2 aromatic carbocycles. The Morgan fingerprint density at radius 1 is 1.03 bits per heavy atom. The van der Waals surface area contributed by atoms with Crippen LogP contribution in [0.5, 0.6) is 0 Å². The van der Waals surface area contributed by atoms with Crippen molar-refractivity contribution in [3.63, 3.8) is 0 Å². The number of halogens is 2. The first-order valence-corrected chi connectivity index (χ1v) is 11.0. The fourth-order valence-corrected chi connectivity index (χ4v) is 5.03. The third-order valence-corrected chi connectivity index (χ3v) is 7.04. The number of amides is 1. The standard InChI is InChI=1S/C21H20Cl2N2O3S/c22-14-3-6-16(23)19(11-14)29-20-18(26)12-17(24-21(20)27)13-1-4-15(5-2-13)25-7-9-28-10-8-25/h1-6,11,17,20H,7-10,12H2,(H,24,27). The van der Waals surface area contributed by atoms with Gasteiger partial charge in [0.05, 0.1) is 24.3 Å². The van der Waals surface area contributed by atoms with E-state index in [2.05, 4.69) is 10.2 Å². The molecule has 1 amide bonds. The van der Waals surface area contributed by atoms with Crippen molar-refractivity contribution in [3.8, 4) is 0 Å². The third kappa shape index (κ3) is 4.72. The highest BCUT2D eigenvalue weighted by Crippen LogP contribution is 2.36. The van der Waals surface area contributed by atoms with Crippen LogP contribution >= 0.6 is 35.0 Å². The molecule has 2 heterocycles. The molecule has 2 atom stereocenters. The number of rotatable bonds is 4. The maximum Gasteiger partial charge on any atom is 0.241 e. The van der Waals surface area contributed by atoms with Gasteiger partial charge in [0, 0.05) is 35.1 Å². The van der Waals surface area contributed by atoms with Gasteiger partial charge in [0.15, 0.2) is 5.78 Å². The summed E-state index contributed by atoms with van der Waals surface area (Å²) >= 11 is 13.3. The number of piperidine rings is 1. The van der Waals surface area contributed by atoms with Crippen LogP contribution in [0.25, 0.3) is 0 Å². The van der Waals surface area contributed by atoms with Crippen molar-refractivity contribution in [2.24, 2.45) is 0 Å². The molecule has 0 spiro atoms. The van der Waals surface area contributed by atoms with Gasteiger partial charge in [-0.05, 0) is 35.9 Å². The quantitative estimate of drug-likeness (QED) is 0.709. The number of morpholine rings is 1. The zero-order valence-corrected chi connectivity index (χ0v) is 17.9. The predicted molar refractivity (Wildman–Crippen MR) is 116 cm³/mol. The molecule has 2 saturated heterocycles. The van der Waals surface area contributed by atoms with Crippen LogP contribution in [-0.2, 0) is 14.3 Å². The van der Waals surface area contributed by atoms with Crippen LogP contribution in [0.3, 0.4) is 0 Å². The lowest BCUT2D eigenvalue weighted by molar-refractivity contribution is -0.131. The van der Waals surface area contributed by atoms with Crippen molar-refractivity contribution in [2.75, 3.05) is 31.2 Å². The second-order valence-electron chi connectivity index (χ2n) is 7.00. The molecule has 2 aliphatic heterocycles. The maximum absolute atomic E-state index is 12.7. The van der Waals surface area contributed by atoms with Gasteiger partial charge in [0.1, 0.15) is 5.25 Å². The van der Waals surface area contributed by atoms with Gasteiger partial charge in [-0.15, -0.1) is 11.8 Å². The molecule has 0 saturated carbocycles. The molecule has 1 N–H and O–H groups in total. The van der Waals surface area contributed by atoms with E-state index in [4.69, 9.17) is 27.9 Å². The first-order chi connectivity index (χ1) is 14.0. The van der Waals surface area contributed by atoms with Crippen molar-refractivity contribution in [2.45, 2.75) is 22.6 Å². The number of benzene rings is 2. The molecular formula is C21H20Cl2N2O3S. The van der Waals surface area contributed by atoms with Crippen molar-refractivity contribution in [1.82, 2.24) is 5.32 Å². The van der Waals surface area contributed by atoms with Crippen LogP contribution in [0.2, 0.25) is 10.0 Å². The molecule has 4 rings (SSSR count). The SMILES string of the molecule is O=C1CC(c2ccc(N3CCOCC3)cc2)NC(=O)C1Sc1cc(Cl)ccc1Cl. The molecule has 29 heavy (non-hydrogen) atoms. The number of thioether (sulfide) groups is 1. The number of hydrogen-bond acceptors (Lipinski definition) is 5. The Bertz CT molecular complexity index is 899. The Morgan fingerprint density at radius 3 is 2.45 bits per heavy atom. The van der Waals surface area contributed by atoms with E-state index in [-0.39, 0.29) is 24.2 Å². The highest BCUT2D eigenvalue weighted by atomic mass is 35.5. The van der Waals surface area contributed by atoms with Crippen molar-refractivity contribution in [3.05, 3.63) is 58.1 Å². The minimum Gasteiger partial charge on any atom is -0.378 e. The molecule has 8 heteroatoms. The van der Waals surface area contributed by atoms with E-state index < -0.39 is 5.25 Å². The van der Waals surface area contributed by atoms with Gasteiger partial charge in [0.2, 0.25) is 5.91 Å². The van der Waals surface area contributed by atoms with Crippen LogP contribution in [0, 0.1) is 0 Å². The molecule has 0 aromatic heterocycles. The van der Waals surface area contributed by atoms with Crippen molar-refractivity contribution >= 4 is 52.3 Å². The zero-order valence-electron chi connectivity index (χ0n) is 15.6. The van der Waals surface area contributed by atoms with E-state index in [9.17, 15) is 9.59 Å². The normalized spacial score (nSPS) is 22.5. The Kier molecular flexibility index (Phi) is 6.35. The monoisotopic (exact) mass is 450 g/mol. The highest BCUT2D eigenvalue weighted by molar-refractivity contribution is 8.01. The summed E-state index contributed by atoms with van der Waals surface area (Å²) in [6.07, 6.45) is 0.249. The molecule has 2 aromatic rings. The maximum atomic E-state index is 12.7. The number of carbonyl (C=O) groups is 2. The summed E-state index contributed by atoms with van der Waals surface area (Å²) in [5.41, 5.74) is 2.04. The average molecular weight is 451 g/mol. The Hall–Kier alpha value is -1.73. The first kappa shape index (κ1) is 20.5. The van der Waals surface area contributed by atoms with Crippen LogP contribution < -0.4 is 10.2 Å². The van der Waals surface area contributed by atoms with Crippen LogP contribution in [0.1, 0.15) is 18.0 Å². The first-order valence-electron chi connectivity index (χ1n) is 9.39. The van der Waals surface area contributed by atoms with Gasteiger partial charge < -0.3 is 15.0 Å². The number of anilines is 1. The lowest BCUT2D eigenvalue weighted by Gasteiger charge is -2.30. The molecule has 0 bridgehead atoms. The van der Waals surface area contributed by atoms with Crippen LogP contribution in [0.15, 0.2) is 47.4 Å². The van der Waals surface area contributed by atoms with Gasteiger partial charge >= 0.3 is 0 Å². The summed E-state index contributed by atoms with van der Waals surface area (Å²) in [5, 5.41) is 3.14. The second kappa shape index (κ2) is 8.96. The van der Waals surface area contributed by atoms with E-state index >= 15 is 0 Å². The summed E-state index contributed by atoms with van der Waals surface area (Å²) in [6.45, 7) is 3.18. The number of hydrogen-bond donors (Lipinski definition) is 1. The van der Waals surface area contributed by atoms with Gasteiger partial charge in [0.25, 0.3) is 0 Å². The lowest BCUT2D eigenvalue weighted by Crippen LogP contribution is -2.46. The third-order valence-electron chi connectivity index (χ3n) is 5.06. The summed E-state index contributed by atoms with van der Waals surface area (Å²) in [6, 6.07) is 12.7. The minimum atomic E-state index is -0.824. The Labute approximate surface area is 183 Å². The summed E-state index contributed by atoms with van der Waals surface area (Å²) < 4.78 is 5.39. The zero-order chi connectivity index (χ0) is 20.4. The molecule has 0 aliphatic carbocycles. The fraction of sp³-hybridized carbons (Fsp3) is 0.333. The molecule has 2 aliphatic rings. The van der Waals surface area contributed by atoms with Gasteiger partial charge in [-0.25, -0.2) is 0 Å². The predicted octanol–water partition coefficient (Wildman–Crippen LogP) is 4.12. The van der Waals surface area contributed by atoms with E-state index in [1.54, 1.807) is 18.2 Å². The van der Waals surface area contributed by atoms with Crippen molar-refractivity contribution in [1.29, 1.82) is 0 Å². The number of Topliss-reactive ketones (excluding diaryl/α,β-unsaturated/α-hetero) is 1. The Morgan fingerprint density at radius 2 is 1.76 bits per heavy atom. The topological polar surface area (TPSA) is 58.6 Å². The number of ether oxygens (including phenoxy) is 1. The molecule has 2 unspecified atom stereocenters. The summed E-state index contributed by atoms with van der Waals surface area (Å²) in [4.78, 5) is 28.3. The second-order valence-corrected chi connectivity index (χ2v) is 8.99.